The predicted molar refractivity (Wildman–Crippen MR) is 103 cm³/mol. The van der Waals surface area contributed by atoms with E-state index in [-0.39, 0.29) is 48.1 Å². The van der Waals surface area contributed by atoms with Gasteiger partial charge in [0.2, 0.25) is 0 Å². The minimum Gasteiger partial charge on any atom is -0.508 e. The van der Waals surface area contributed by atoms with Crippen LogP contribution in [0.4, 0.5) is 0 Å². The van der Waals surface area contributed by atoms with Gasteiger partial charge in [-0.25, -0.2) is 4.79 Å². The van der Waals surface area contributed by atoms with Crippen molar-refractivity contribution in [2.45, 2.75) is 59.3 Å². The summed E-state index contributed by atoms with van der Waals surface area (Å²) < 4.78 is 0. The van der Waals surface area contributed by atoms with Crippen LogP contribution in [0.1, 0.15) is 67.9 Å². The Morgan fingerprint density at radius 1 is 1.04 bits per heavy atom. The van der Waals surface area contributed by atoms with E-state index in [0.717, 1.165) is 18.4 Å². The second kappa shape index (κ2) is 10.4. The molecule has 0 amide bonds. The number of aromatic carboxylic acids is 1. The number of phenols is 2. The molecule has 1 aromatic carbocycles. The van der Waals surface area contributed by atoms with Crippen molar-refractivity contribution >= 4 is 11.9 Å². The molecule has 0 unspecified atom stereocenters. The van der Waals surface area contributed by atoms with Gasteiger partial charge in [-0.15, -0.1) is 0 Å². The Hall–Kier alpha value is -2.76. The SMILES string of the molecule is CC(C)=CCC/C(C)=C/Cc1c(O)cc(CCCC(=O)O)c(C(=O)O)c1O. The number of rotatable bonds is 10. The van der Waals surface area contributed by atoms with E-state index >= 15 is 0 Å². The second-order valence-corrected chi connectivity index (χ2v) is 6.88. The zero-order valence-electron chi connectivity index (χ0n) is 16.1. The number of hydrogen-bond donors (Lipinski definition) is 4. The average Bonchev–Trinajstić information content (AvgIpc) is 2.53. The molecule has 0 aliphatic carbocycles. The van der Waals surface area contributed by atoms with Crippen LogP contribution in [0.3, 0.4) is 0 Å². The van der Waals surface area contributed by atoms with E-state index in [2.05, 4.69) is 6.08 Å². The Labute approximate surface area is 159 Å². The monoisotopic (exact) mass is 376 g/mol. The molecule has 0 atom stereocenters. The third kappa shape index (κ3) is 7.17. The summed E-state index contributed by atoms with van der Waals surface area (Å²) in [7, 11) is 0. The van der Waals surface area contributed by atoms with Crippen LogP contribution >= 0.6 is 0 Å². The van der Waals surface area contributed by atoms with Crippen molar-refractivity contribution in [2.24, 2.45) is 0 Å². The molecule has 4 N–H and O–H groups in total. The largest absolute Gasteiger partial charge is 0.508 e. The zero-order chi connectivity index (χ0) is 20.6. The van der Waals surface area contributed by atoms with Gasteiger partial charge in [0.05, 0.1) is 0 Å². The maximum atomic E-state index is 11.6. The molecule has 6 heteroatoms. The number of phenolic OH excluding ortho intramolecular Hbond substituents is 1. The van der Waals surface area contributed by atoms with Gasteiger partial charge in [-0.3, -0.25) is 4.79 Å². The molecule has 1 rings (SSSR count). The molecular formula is C21H28O6. The lowest BCUT2D eigenvalue weighted by atomic mass is 9.95. The number of aromatic hydroxyl groups is 2. The summed E-state index contributed by atoms with van der Waals surface area (Å²) >= 11 is 0. The maximum Gasteiger partial charge on any atom is 0.339 e. The molecule has 1 aromatic rings. The molecule has 0 aromatic heterocycles. The highest BCUT2D eigenvalue weighted by Crippen LogP contribution is 2.35. The highest BCUT2D eigenvalue weighted by Gasteiger charge is 2.21. The number of hydrogen-bond acceptors (Lipinski definition) is 4. The molecule has 6 nitrogen and oxygen atoms in total. The Morgan fingerprint density at radius 2 is 1.70 bits per heavy atom. The standard InChI is InChI=1S/C21H28O6/c1-13(2)6-4-7-14(3)10-11-16-17(22)12-15(8-5-9-18(23)24)19(20(16)25)21(26)27/h6,10,12,22,25H,4-5,7-9,11H2,1-3H3,(H,23,24)(H,26,27)/b14-10+. The van der Waals surface area contributed by atoms with Crippen molar-refractivity contribution in [3.8, 4) is 11.5 Å². The Balaban J connectivity index is 3.04. The summed E-state index contributed by atoms with van der Waals surface area (Å²) in [6, 6.07) is 1.31. The summed E-state index contributed by atoms with van der Waals surface area (Å²) in [5.74, 6) is -2.92. The minimum atomic E-state index is -1.30. The van der Waals surface area contributed by atoms with Gasteiger partial charge in [0.15, 0.2) is 0 Å². The molecule has 0 radical (unpaired) electrons. The topological polar surface area (TPSA) is 115 Å². The summed E-state index contributed by atoms with van der Waals surface area (Å²) in [5.41, 5.74) is 2.43. The summed E-state index contributed by atoms with van der Waals surface area (Å²) in [4.78, 5) is 22.2. The van der Waals surface area contributed by atoms with Gasteiger partial charge < -0.3 is 20.4 Å². The molecule has 0 aliphatic heterocycles. The highest BCUT2D eigenvalue weighted by atomic mass is 16.4. The molecule has 0 bridgehead atoms. The molecule has 0 heterocycles. The highest BCUT2D eigenvalue weighted by molar-refractivity contribution is 5.93. The van der Waals surface area contributed by atoms with Crippen LogP contribution in [0.15, 0.2) is 29.4 Å². The van der Waals surface area contributed by atoms with Crippen LogP contribution in [0.5, 0.6) is 11.5 Å². The van der Waals surface area contributed by atoms with Gasteiger partial charge in [0.25, 0.3) is 0 Å². The first-order chi connectivity index (χ1) is 12.6. The van der Waals surface area contributed by atoms with Gasteiger partial charge in [-0.05, 0) is 64.5 Å². The number of benzene rings is 1. The second-order valence-electron chi connectivity index (χ2n) is 6.88. The number of carboxylic acid groups (broad SMARTS) is 2. The normalized spacial score (nSPS) is 11.3. The van der Waals surface area contributed by atoms with E-state index in [4.69, 9.17) is 5.11 Å². The summed E-state index contributed by atoms with van der Waals surface area (Å²) in [6.07, 6.45) is 6.19. The number of allylic oxidation sites excluding steroid dienone is 4. The van der Waals surface area contributed by atoms with Crippen LogP contribution < -0.4 is 0 Å². The van der Waals surface area contributed by atoms with Crippen LogP contribution in [-0.2, 0) is 17.6 Å². The third-order valence-electron chi connectivity index (χ3n) is 4.26. The fraction of sp³-hybridized carbons (Fsp3) is 0.429. The molecule has 148 valence electrons. The molecule has 0 spiro atoms. The van der Waals surface area contributed by atoms with Gasteiger partial charge >= 0.3 is 11.9 Å². The predicted octanol–water partition coefficient (Wildman–Crippen LogP) is 4.44. The van der Waals surface area contributed by atoms with Gasteiger partial charge in [-0.1, -0.05) is 23.3 Å². The molecule has 0 saturated heterocycles. The first-order valence-electron chi connectivity index (χ1n) is 8.94. The van der Waals surface area contributed by atoms with Crippen LogP contribution in [0.25, 0.3) is 0 Å². The Bertz CT molecular complexity index is 754. The van der Waals surface area contributed by atoms with Gasteiger partial charge in [0.1, 0.15) is 17.1 Å². The van der Waals surface area contributed by atoms with E-state index in [1.807, 2.05) is 26.8 Å². The van der Waals surface area contributed by atoms with Crippen LogP contribution in [-0.4, -0.2) is 32.4 Å². The lowest BCUT2D eigenvalue weighted by Gasteiger charge is -2.13. The average molecular weight is 376 g/mol. The fourth-order valence-electron chi connectivity index (χ4n) is 2.78. The summed E-state index contributed by atoms with van der Waals surface area (Å²) in [5, 5.41) is 38.8. The Morgan fingerprint density at radius 3 is 2.26 bits per heavy atom. The Kier molecular flexibility index (Phi) is 8.59. The smallest absolute Gasteiger partial charge is 0.339 e. The van der Waals surface area contributed by atoms with Crippen molar-refractivity contribution in [1.82, 2.24) is 0 Å². The first-order valence-corrected chi connectivity index (χ1v) is 8.94. The van der Waals surface area contributed by atoms with Crippen molar-refractivity contribution < 1.29 is 30.0 Å². The third-order valence-corrected chi connectivity index (χ3v) is 4.26. The van der Waals surface area contributed by atoms with E-state index in [0.29, 0.717) is 0 Å². The maximum absolute atomic E-state index is 11.6. The first kappa shape index (κ1) is 22.3. The van der Waals surface area contributed by atoms with Crippen LogP contribution in [0, 0.1) is 0 Å². The van der Waals surface area contributed by atoms with Crippen molar-refractivity contribution in [3.05, 3.63) is 46.1 Å². The number of carboxylic acids is 2. The lowest BCUT2D eigenvalue weighted by molar-refractivity contribution is -0.137. The molecular weight excluding hydrogens is 348 g/mol. The van der Waals surface area contributed by atoms with E-state index in [1.165, 1.54) is 11.6 Å². The minimum absolute atomic E-state index is 0.115. The van der Waals surface area contributed by atoms with Gasteiger partial charge in [0, 0.05) is 12.0 Å². The van der Waals surface area contributed by atoms with E-state index < -0.39 is 17.7 Å². The number of carbonyl (C=O) groups is 2. The van der Waals surface area contributed by atoms with E-state index in [1.54, 1.807) is 0 Å². The van der Waals surface area contributed by atoms with E-state index in [9.17, 15) is 24.9 Å². The molecule has 0 aliphatic rings. The number of aliphatic carboxylic acids is 1. The zero-order valence-corrected chi connectivity index (χ0v) is 16.1. The molecule has 0 saturated carbocycles. The van der Waals surface area contributed by atoms with Gasteiger partial charge in [-0.2, -0.15) is 0 Å². The molecule has 27 heavy (non-hydrogen) atoms. The quantitative estimate of drug-likeness (QED) is 0.449. The lowest BCUT2D eigenvalue weighted by Crippen LogP contribution is -2.06. The van der Waals surface area contributed by atoms with Crippen molar-refractivity contribution in [2.75, 3.05) is 0 Å². The van der Waals surface area contributed by atoms with Crippen LogP contribution in [0.2, 0.25) is 0 Å². The van der Waals surface area contributed by atoms with Crippen molar-refractivity contribution in [1.29, 1.82) is 0 Å². The number of aryl methyl sites for hydroxylation is 1. The fourth-order valence-corrected chi connectivity index (χ4v) is 2.78. The molecule has 0 fully saturated rings. The van der Waals surface area contributed by atoms with Crippen molar-refractivity contribution in [3.63, 3.8) is 0 Å². The summed E-state index contributed by atoms with van der Waals surface area (Å²) in [6.45, 7) is 6.01.